The Hall–Kier alpha value is -3.32. The molecule has 2 aromatic carbocycles. The monoisotopic (exact) mass is 463 g/mol. The number of carbonyl (C=O) groups excluding carboxylic acids is 1. The van der Waals surface area contributed by atoms with E-state index >= 15 is 0 Å². The summed E-state index contributed by atoms with van der Waals surface area (Å²) in [4.78, 5) is 11.8. The summed E-state index contributed by atoms with van der Waals surface area (Å²) in [5, 5.41) is 16.5. The summed E-state index contributed by atoms with van der Waals surface area (Å²) in [5.74, 6) is -1.76. The van der Waals surface area contributed by atoms with Crippen LogP contribution < -0.4 is 5.73 Å². The van der Waals surface area contributed by atoms with Crippen LogP contribution in [0.2, 0.25) is 0 Å². The Bertz CT molecular complexity index is 1310. The van der Waals surface area contributed by atoms with E-state index in [1.807, 2.05) is 6.07 Å². The Kier molecular flexibility index (Phi) is 5.40. The molecule has 2 aliphatic carbocycles. The first-order valence-corrected chi connectivity index (χ1v) is 11.6. The van der Waals surface area contributed by atoms with E-state index in [9.17, 15) is 18.7 Å². The Morgan fingerprint density at radius 1 is 1.24 bits per heavy atom. The van der Waals surface area contributed by atoms with Gasteiger partial charge in [0, 0.05) is 5.41 Å². The van der Waals surface area contributed by atoms with Crippen LogP contribution in [0.25, 0.3) is 11.8 Å². The molecule has 0 bridgehead atoms. The van der Waals surface area contributed by atoms with E-state index in [0.29, 0.717) is 36.9 Å². The van der Waals surface area contributed by atoms with Gasteiger partial charge >= 0.3 is 0 Å². The zero-order chi connectivity index (χ0) is 24.1. The first kappa shape index (κ1) is 22.5. The van der Waals surface area contributed by atoms with Crippen LogP contribution in [0.5, 0.6) is 0 Å². The van der Waals surface area contributed by atoms with Crippen LogP contribution in [0, 0.1) is 17.0 Å². The van der Waals surface area contributed by atoms with Crippen LogP contribution >= 0.6 is 0 Å². The summed E-state index contributed by atoms with van der Waals surface area (Å²) in [5.41, 5.74) is 8.05. The number of hydrogen-bond donors (Lipinski definition) is 2. The Balaban J connectivity index is 1.48. The normalized spacial score (nSPS) is 23.4. The van der Waals surface area contributed by atoms with Gasteiger partial charge in [0.25, 0.3) is 5.91 Å². The third-order valence-electron chi connectivity index (χ3n) is 7.81. The molecule has 3 aromatic rings. The van der Waals surface area contributed by atoms with Crippen molar-refractivity contribution in [3.63, 3.8) is 0 Å². The number of hydrogen-bond acceptors (Lipinski definition) is 3. The lowest BCUT2D eigenvalue weighted by Gasteiger charge is -2.45. The zero-order valence-electron chi connectivity index (χ0n) is 19.0. The molecule has 176 valence electrons. The molecule has 0 radical (unpaired) electrons. The first-order valence-electron chi connectivity index (χ1n) is 11.6. The lowest BCUT2D eigenvalue weighted by Crippen LogP contribution is -2.47. The second kappa shape index (κ2) is 8.17. The largest absolute Gasteiger partial charge is 0.389 e. The second-order valence-corrected chi connectivity index (χ2v) is 9.40. The molecule has 7 heteroatoms. The fraction of sp³-hybridized carbons (Fsp3) is 0.333. The molecule has 1 amide bonds. The molecular formula is C27H27F2N3O2. The quantitative estimate of drug-likeness (QED) is 0.554. The van der Waals surface area contributed by atoms with E-state index in [-0.39, 0.29) is 11.4 Å². The highest BCUT2D eigenvalue weighted by Gasteiger charge is 2.56. The number of carbonyl (C=O) groups is 1. The summed E-state index contributed by atoms with van der Waals surface area (Å²) in [7, 11) is 0. The summed E-state index contributed by atoms with van der Waals surface area (Å²) < 4.78 is 29.8. The number of aryl methyl sites for hydroxylation is 1. The molecule has 1 fully saturated rings. The van der Waals surface area contributed by atoms with Gasteiger partial charge in [0.15, 0.2) is 0 Å². The SMILES string of the molecule is CC[C@]12Cc3cnn(-c4cccc(F)c4)c3C=C1CC[C@@]2(O)CCc1cccc(F)c1C(N)=O. The molecule has 0 unspecified atom stereocenters. The number of rotatable bonds is 6. The van der Waals surface area contributed by atoms with Gasteiger partial charge in [-0.15, -0.1) is 0 Å². The maximum absolute atomic E-state index is 14.2. The topological polar surface area (TPSA) is 81.1 Å². The zero-order valence-corrected chi connectivity index (χ0v) is 19.0. The predicted molar refractivity (Wildman–Crippen MR) is 125 cm³/mol. The van der Waals surface area contributed by atoms with Crippen molar-refractivity contribution >= 4 is 12.0 Å². The van der Waals surface area contributed by atoms with Crippen molar-refractivity contribution in [3.8, 4) is 5.69 Å². The minimum absolute atomic E-state index is 0.104. The highest BCUT2D eigenvalue weighted by Crippen LogP contribution is 2.59. The number of fused-ring (bicyclic) bond motifs is 2. The van der Waals surface area contributed by atoms with Crippen LogP contribution in [0.4, 0.5) is 8.78 Å². The molecule has 1 heterocycles. The third-order valence-corrected chi connectivity index (χ3v) is 7.81. The van der Waals surface area contributed by atoms with Gasteiger partial charge in [-0.05, 0) is 80.0 Å². The minimum atomic E-state index is -1.02. The summed E-state index contributed by atoms with van der Waals surface area (Å²) in [6.45, 7) is 2.07. The van der Waals surface area contributed by atoms with Gasteiger partial charge in [-0.3, -0.25) is 4.79 Å². The fourth-order valence-corrected chi connectivity index (χ4v) is 6.03. The van der Waals surface area contributed by atoms with E-state index < -0.39 is 22.7 Å². The Morgan fingerprint density at radius 2 is 2.03 bits per heavy atom. The maximum atomic E-state index is 14.2. The van der Waals surface area contributed by atoms with Crippen molar-refractivity contribution in [3.05, 3.63) is 88.3 Å². The number of primary amides is 1. The molecular weight excluding hydrogens is 436 g/mol. The molecule has 2 atom stereocenters. The number of nitrogens with two attached hydrogens (primary N) is 1. The van der Waals surface area contributed by atoms with E-state index in [0.717, 1.165) is 29.7 Å². The molecule has 2 aliphatic rings. The molecule has 5 rings (SSSR count). The molecule has 0 aliphatic heterocycles. The molecule has 1 saturated carbocycles. The van der Waals surface area contributed by atoms with E-state index in [1.165, 1.54) is 18.2 Å². The number of nitrogens with zero attached hydrogens (tertiary/aromatic N) is 2. The molecule has 3 N–H and O–H groups in total. The lowest BCUT2D eigenvalue weighted by molar-refractivity contribution is -0.0569. The lowest BCUT2D eigenvalue weighted by atomic mass is 9.63. The Morgan fingerprint density at radius 3 is 2.76 bits per heavy atom. The van der Waals surface area contributed by atoms with Crippen molar-refractivity contribution in [2.75, 3.05) is 0 Å². The van der Waals surface area contributed by atoms with Crippen molar-refractivity contribution in [2.24, 2.45) is 11.1 Å². The smallest absolute Gasteiger partial charge is 0.251 e. The molecule has 1 aromatic heterocycles. The van der Waals surface area contributed by atoms with Crippen molar-refractivity contribution in [1.29, 1.82) is 0 Å². The first-order chi connectivity index (χ1) is 16.3. The predicted octanol–water partition coefficient (Wildman–Crippen LogP) is 4.74. The number of aromatic nitrogens is 2. The summed E-state index contributed by atoms with van der Waals surface area (Å²) >= 11 is 0. The van der Waals surface area contributed by atoms with Gasteiger partial charge in [-0.1, -0.05) is 30.7 Å². The van der Waals surface area contributed by atoms with Gasteiger partial charge in [-0.2, -0.15) is 5.10 Å². The van der Waals surface area contributed by atoms with E-state index in [4.69, 9.17) is 5.73 Å². The van der Waals surface area contributed by atoms with E-state index in [1.54, 1.807) is 29.1 Å². The van der Waals surface area contributed by atoms with Gasteiger partial charge in [0.05, 0.1) is 28.7 Å². The average molecular weight is 464 g/mol. The number of aliphatic hydroxyl groups is 1. The standard InChI is InChI=1S/C27H27F2N3O2/c1-2-26-15-18-16-31-32(21-7-4-6-20(28)14-21)23(18)13-19(26)10-12-27(26,34)11-9-17-5-3-8-22(29)24(17)25(30)33/h3-8,13-14,16,34H,2,9-12,15H2,1H3,(H2,30,33)/t26-,27-/m0/s1. The molecule has 34 heavy (non-hydrogen) atoms. The number of benzene rings is 2. The highest BCUT2D eigenvalue weighted by molar-refractivity contribution is 5.94. The highest BCUT2D eigenvalue weighted by atomic mass is 19.1. The van der Waals surface area contributed by atoms with Gasteiger partial charge in [-0.25, -0.2) is 13.5 Å². The number of halogens is 2. The van der Waals surface area contributed by atoms with E-state index in [2.05, 4.69) is 18.1 Å². The van der Waals surface area contributed by atoms with Crippen LogP contribution in [0.15, 0.2) is 54.2 Å². The van der Waals surface area contributed by atoms with Crippen LogP contribution in [0.3, 0.4) is 0 Å². The molecule has 0 spiro atoms. The summed E-state index contributed by atoms with van der Waals surface area (Å²) in [6, 6.07) is 10.8. The maximum Gasteiger partial charge on any atom is 0.251 e. The van der Waals surface area contributed by atoms with Crippen molar-refractivity contribution < 1.29 is 18.7 Å². The van der Waals surface area contributed by atoms with Crippen molar-refractivity contribution in [2.45, 2.75) is 51.0 Å². The van der Waals surface area contributed by atoms with Crippen LogP contribution in [-0.2, 0) is 12.8 Å². The summed E-state index contributed by atoms with van der Waals surface area (Å²) in [6.07, 6.45) is 7.26. The molecule has 5 nitrogen and oxygen atoms in total. The molecule has 0 saturated heterocycles. The van der Waals surface area contributed by atoms with Gasteiger partial charge in [0.1, 0.15) is 11.6 Å². The average Bonchev–Trinajstić information content (AvgIpc) is 3.35. The van der Waals surface area contributed by atoms with Gasteiger partial charge < -0.3 is 10.8 Å². The second-order valence-electron chi connectivity index (χ2n) is 9.40. The minimum Gasteiger partial charge on any atom is -0.389 e. The number of amides is 1. The van der Waals surface area contributed by atoms with Gasteiger partial charge in [0.2, 0.25) is 0 Å². The Labute approximate surface area is 196 Å². The van der Waals surface area contributed by atoms with Crippen LogP contribution in [0.1, 0.15) is 59.8 Å². The third kappa shape index (κ3) is 3.38. The van der Waals surface area contributed by atoms with Crippen molar-refractivity contribution in [1.82, 2.24) is 9.78 Å². The van der Waals surface area contributed by atoms with Crippen LogP contribution in [-0.4, -0.2) is 26.4 Å². The fourth-order valence-electron chi connectivity index (χ4n) is 6.03.